The zero-order valence-electron chi connectivity index (χ0n) is 17.2. The van der Waals surface area contributed by atoms with E-state index in [0.29, 0.717) is 34.4 Å². The van der Waals surface area contributed by atoms with E-state index in [-0.39, 0.29) is 5.91 Å². The molecule has 3 heterocycles. The second-order valence-electron chi connectivity index (χ2n) is 6.90. The first kappa shape index (κ1) is 20.2. The van der Waals surface area contributed by atoms with Crippen LogP contribution in [0.25, 0.3) is 22.6 Å². The fourth-order valence-corrected chi connectivity index (χ4v) is 4.10. The van der Waals surface area contributed by atoms with E-state index in [2.05, 4.69) is 30.9 Å². The number of furan rings is 1. The van der Waals surface area contributed by atoms with Gasteiger partial charge in [-0.05, 0) is 50.8 Å². The van der Waals surface area contributed by atoms with Gasteiger partial charge in [-0.2, -0.15) is 0 Å². The Balaban J connectivity index is 1.43. The zero-order chi connectivity index (χ0) is 21.1. The Morgan fingerprint density at radius 1 is 1.13 bits per heavy atom. The molecule has 30 heavy (non-hydrogen) atoms. The first-order valence-electron chi connectivity index (χ1n) is 9.75. The van der Waals surface area contributed by atoms with Crippen LogP contribution >= 0.6 is 11.8 Å². The lowest BCUT2D eigenvalue weighted by atomic mass is 10.2. The van der Waals surface area contributed by atoms with Crippen LogP contribution in [0.4, 0.5) is 0 Å². The molecule has 3 aromatic heterocycles. The van der Waals surface area contributed by atoms with Crippen LogP contribution in [0.2, 0.25) is 0 Å². The minimum atomic E-state index is -0.157. The maximum Gasteiger partial charge on any atom is 0.255 e. The molecule has 4 aromatic rings. The van der Waals surface area contributed by atoms with E-state index in [9.17, 15) is 4.79 Å². The molecule has 0 aliphatic carbocycles. The molecule has 7 nitrogen and oxygen atoms in total. The van der Waals surface area contributed by atoms with Gasteiger partial charge in [-0.25, -0.2) is 15.0 Å². The summed E-state index contributed by atoms with van der Waals surface area (Å²) in [6.07, 6.45) is 4.28. The number of amides is 1. The third-order valence-corrected chi connectivity index (χ3v) is 5.59. The van der Waals surface area contributed by atoms with Gasteiger partial charge in [-0.15, -0.1) is 11.8 Å². The summed E-state index contributed by atoms with van der Waals surface area (Å²) >= 11 is 1.42. The molecule has 0 spiro atoms. The van der Waals surface area contributed by atoms with Crippen LogP contribution < -0.4 is 5.32 Å². The average molecular weight is 422 g/mol. The van der Waals surface area contributed by atoms with Crippen molar-refractivity contribution in [2.75, 3.05) is 12.8 Å². The number of aromatic nitrogens is 4. The highest BCUT2D eigenvalue weighted by Crippen LogP contribution is 2.25. The normalized spacial score (nSPS) is 11.2. The molecule has 0 aliphatic heterocycles. The van der Waals surface area contributed by atoms with Gasteiger partial charge in [0.1, 0.15) is 10.9 Å². The molecule has 0 aliphatic rings. The Morgan fingerprint density at radius 3 is 2.73 bits per heavy atom. The number of carbonyl (C=O) groups excluding carboxylic acids is 1. The van der Waals surface area contributed by atoms with Gasteiger partial charge in [0.2, 0.25) is 0 Å². The number of nitrogens with zero attached hydrogens (tertiary/aromatic N) is 4. The average Bonchev–Trinajstić information content (AvgIpc) is 3.38. The molecule has 0 saturated heterocycles. The molecule has 1 N–H and O–H groups in total. The lowest BCUT2D eigenvalue weighted by molar-refractivity contribution is 0.0948. The molecule has 0 unspecified atom stereocenters. The van der Waals surface area contributed by atoms with Crippen molar-refractivity contribution in [3.8, 4) is 11.6 Å². The predicted octanol–water partition coefficient (Wildman–Crippen LogP) is 4.25. The molecule has 1 amide bonds. The highest BCUT2D eigenvalue weighted by Gasteiger charge is 2.19. The maximum atomic E-state index is 12.8. The summed E-state index contributed by atoms with van der Waals surface area (Å²) in [5.41, 5.74) is 3.26. The van der Waals surface area contributed by atoms with Crippen molar-refractivity contribution >= 4 is 28.7 Å². The molecule has 0 atom stereocenters. The molecule has 154 valence electrons. The Kier molecular flexibility index (Phi) is 5.85. The summed E-state index contributed by atoms with van der Waals surface area (Å²) < 4.78 is 7.57. The van der Waals surface area contributed by atoms with Crippen LogP contribution in [0.15, 0.2) is 52.1 Å². The smallest absolute Gasteiger partial charge is 0.255 e. The lowest BCUT2D eigenvalue weighted by Crippen LogP contribution is -2.27. The number of hydrogen-bond donors (Lipinski definition) is 1. The van der Waals surface area contributed by atoms with Crippen LogP contribution in [0.3, 0.4) is 0 Å². The quantitative estimate of drug-likeness (QED) is 0.273. The van der Waals surface area contributed by atoms with Crippen molar-refractivity contribution in [2.45, 2.75) is 31.8 Å². The first-order chi connectivity index (χ1) is 14.6. The van der Waals surface area contributed by atoms with E-state index in [4.69, 9.17) is 4.42 Å². The predicted molar refractivity (Wildman–Crippen MR) is 118 cm³/mol. The van der Waals surface area contributed by atoms with E-state index < -0.39 is 0 Å². The highest BCUT2D eigenvalue weighted by molar-refractivity contribution is 7.98. The van der Waals surface area contributed by atoms with Crippen LogP contribution in [-0.2, 0) is 6.54 Å². The van der Waals surface area contributed by atoms with Crippen LogP contribution in [0.1, 0.15) is 28.3 Å². The van der Waals surface area contributed by atoms with Gasteiger partial charge in [0.25, 0.3) is 5.91 Å². The molecule has 4 rings (SSSR count). The number of rotatable bonds is 7. The van der Waals surface area contributed by atoms with E-state index in [1.54, 1.807) is 18.4 Å². The first-order valence-corrected chi connectivity index (χ1v) is 11.0. The number of benzene rings is 1. The van der Waals surface area contributed by atoms with Gasteiger partial charge in [0.05, 0.1) is 28.6 Å². The van der Waals surface area contributed by atoms with Crippen LogP contribution in [-0.4, -0.2) is 38.2 Å². The molecular formula is C22H23N5O2S. The van der Waals surface area contributed by atoms with Gasteiger partial charge >= 0.3 is 0 Å². The molecule has 0 saturated carbocycles. The largest absolute Gasteiger partial charge is 0.461 e. The Bertz CT molecular complexity index is 1180. The van der Waals surface area contributed by atoms with Crippen molar-refractivity contribution in [3.05, 3.63) is 59.7 Å². The minimum Gasteiger partial charge on any atom is -0.461 e. The zero-order valence-corrected chi connectivity index (χ0v) is 18.0. The van der Waals surface area contributed by atoms with Gasteiger partial charge in [-0.1, -0.05) is 12.1 Å². The number of aryl methyl sites for hydroxylation is 3. The topological polar surface area (TPSA) is 85.8 Å². The summed E-state index contributed by atoms with van der Waals surface area (Å²) in [7, 11) is 0. The summed E-state index contributed by atoms with van der Waals surface area (Å²) in [5.74, 6) is 1.89. The number of para-hydroxylation sites is 2. The number of hydrogen-bond acceptors (Lipinski definition) is 6. The number of thioether (sulfide) groups is 1. The van der Waals surface area contributed by atoms with E-state index >= 15 is 0 Å². The number of carbonyl (C=O) groups is 1. The summed E-state index contributed by atoms with van der Waals surface area (Å²) in [6, 6.07) is 11.7. The van der Waals surface area contributed by atoms with E-state index in [1.807, 2.05) is 38.3 Å². The summed E-state index contributed by atoms with van der Waals surface area (Å²) in [4.78, 5) is 26.4. The van der Waals surface area contributed by atoms with Gasteiger partial charge < -0.3 is 14.3 Å². The minimum absolute atomic E-state index is 0.157. The molecule has 0 bridgehead atoms. The lowest BCUT2D eigenvalue weighted by Gasteiger charge is -2.12. The highest BCUT2D eigenvalue weighted by atomic mass is 32.2. The second kappa shape index (κ2) is 8.71. The third-order valence-electron chi connectivity index (χ3n) is 4.91. The van der Waals surface area contributed by atoms with Crippen molar-refractivity contribution in [2.24, 2.45) is 0 Å². The summed E-state index contributed by atoms with van der Waals surface area (Å²) in [5, 5.41) is 3.65. The van der Waals surface area contributed by atoms with Crippen molar-refractivity contribution in [3.63, 3.8) is 0 Å². The van der Waals surface area contributed by atoms with Crippen molar-refractivity contribution in [1.82, 2.24) is 24.8 Å². The SMILES string of the molecule is CSc1nc(-c2ccco2)nc(C)c1C(=O)NCCCn1c(C)nc2ccccc21. The molecule has 8 heteroatoms. The molecule has 0 radical (unpaired) electrons. The maximum absolute atomic E-state index is 12.8. The number of nitrogens with one attached hydrogen (secondary N) is 1. The van der Waals surface area contributed by atoms with Crippen LogP contribution in [0.5, 0.6) is 0 Å². The monoisotopic (exact) mass is 421 g/mol. The fourth-order valence-electron chi connectivity index (χ4n) is 3.48. The Labute approximate surface area is 178 Å². The van der Waals surface area contributed by atoms with E-state index in [1.165, 1.54) is 11.8 Å². The van der Waals surface area contributed by atoms with Crippen molar-refractivity contribution < 1.29 is 9.21 Å². The Hall–Kier alpha value is -3.13. The van der Waals surface area contributed by atoms with Crippen molar-refractivity contribution in [1.29, 1.82) is 0 Å². The molecule has 0 fully saturated rings. The van der Waals surface area contributed by atoms with Gasteiger partial charge in [0, 0.05) is 13.1 Å². The van der Waals surface area contributed by atoms with Crippen LogP contribution in [0, 0.1) is 13.8 Å². The number of imidazole rings is 1. The summed E-state index contributed by atoms with van der Waals surface area (Å²) in [6.45, 7) is 5.17. The second-order valence-corrected chi connectivity index (χ2v) is 7.70. The van der Waals surface area contributed by atoms with Gasteiger partial charge in [0.15, 0.2) is 11.6 Å². The van der Waals surface area contributed by atoms with Gasteiger partial charge in [-0.3, -0.25) is 4.79 Å². The number of fused-ring (bicyclic) bond motifs is 1. The standard InChI is InChI=1S/C22H23N5O2S/c1-14-19(22(30-3)26-20(24-14)18-10-6-13-29-18)21(28)23-11-7-12-27-15(2)25-16-8-4-5-9-17(16)27/h4-6,8-10,13H,7,11-12H2,1-3H3,(H,23,28). The fraction of sp³-hybridized carbons (Fsp3) is 0.273. The molecular weight excluding hydrogens is 398 g/mol. The van der Waals surface area contributed by atoms with E-state index in [0.717, 1.165) is 29.8 Å². The third kappa shape index (κ3) is 3.95. The molecule has 1 aromatic carbocycles. The Morgan fingerprint density at radius 2 is 1.97 bits per heavy atom.